The summed E-state index contributed by atoms with van der Waals surface area (Å²) in [5, 5.41) is 4.13. The molecule has 2 aromatic heterocycles. The fourth-order valence-electron chi connectivity index (χ4n) is 2.15. The number of carbonyl (C=O) groups is 1. The standard InChI is InChI=1S/C18H16N4O/c1-14(15-8-10-19-11-9-15)20-21-18(23)16-4-6-17(7-5-16)22-12-2-3-13-22/h2-13H,1H3,(H,21,23). The lowest BCUT2D eigenvalue weighted by Gasteiger charge is -2.05. The van der Waals surface area contributed by atoms with E-state index in [9.17, 15) is 4.79 Å². The lowest BCUT2D eigenvalue weighted by Crippen LogP contribution is -2.19. The third-order valence-electron chi connectivity index (χ3n) is 3.46. The van der Waals surface area contributed by atoms with Crippen LogP contribution < -0.4 is 5.43 Å². The summed E-state index contributed by atoms with van der Waals surface area (Å²) in [6.07, 6.45) is 7.29. The maximum absolute atomic E-state index is 12.1. The Balaban J connectivity index is 1.69. The number of hydrogen-bond acceptors (Lipinski definition) is 3. The number of nitrogens with one attached hydrogen (secondary N) is 1. The van der Waals surface area contributed by atoms with Gasteiger partial charge >= 0.3 is 0 Å². The molecule has 2 heterocycles. The molecule has 23 heavy (non-hydrogen) atoms. The van der Waals surface area contributed by atoms with Gasteiger partial charge in [-0.15, -0.1) is 0 Å². The van der Waals surface area contributed by atoms with Gasteiger partial charge < -0.3 is 4.57 Å². The predicted octanol–water partition coefficient (Wildman–Crippen LogP) is 3.03. The Morgan fingerprint density at radius 1 is 1.00 bits per heavy atom. The number of carbonyl (C=O) groups excluding carboxylic acids is 1. The summed E-state index contributed by atoms with van der Waals surface area (Å²) in [5.41, 5.74) is 5.78. The van der Waals surface area contributed by atoms with Crippen molar-refractivity contribution in [2.75, 3.05) is 0 Å². The molecule has 0 spiro atoms. The van der Waals surface area contributed by atoms with Crippen LogP contribution in [0, 0.1) is 0 Å². The van der Waals surface area contributed by atoms with Crippen LogP contribution in [-0.2, 0) is 0 Å². The van der Waals surface area contributed by atoms with E-state index >= 15 is 0 Å². The van der Waals surface area contributed by atoms with Gasteiger partial charge in [0.1, 0.15) is 0 Å². The SMILES string of the molecule is CC(=NNC(=O)c1ccc(-n2cccc2)cc1)c1ccncc1. The van der Waals surface area contributed by atoms with Crippen LogP contribution >= 0.6 is 0 Å². The Labute approximate surface area is 134 Å². The van der Waals surface area contributed by atoms with Gasteiger partial charge in [-0.3, -0.25) is 9.78 Å². The van der Waals surface area contributed by atoms with Crippen molar-refractivity contribution in [2.45, 2.75) is 6.92 Å². The molecule has 0 atom stereocenters. The molecule has 3 aromatic rings. The highest BCUT2D eigenvalue weighted by Gasteiger charge is 2.05. The van der Waals surface area contributed by atoms with Crippen molar-refractivity contribution in [3.05, 3.63) is 84.4 Å². The average molecular weight is 304 g/mol. The number of amides is 1. The van der Waals surface area contributed by atoms with Gasteiger partial charge in [0.25, 0.3) is 5.91 Å². The summed E-state index contributed by atoms with van der Waals surface area (Å²) in [6.45, 7) is 1.84. The van der Waals surface area contributed by atoms with Crippen LogP contribution in [0.1, 0.15) is 22.8 Å². The van der Waals surface area contributed by atoms with E-state index in [0.717, 1.165) is 17.0 Å². The Morgan fingerprint density at radius 2 is 1.65 bits per heavy atom. The molecule has 0 aliphatic carbocycles. The second-order valence-corrected chi connectivity index (χ2v) is 5.01. The number of nitrogens with zero attached hydrogens (tertiary/aromatic N) is 3. The number of pyridine rings is 1. The minimum absolute atomic E-state index is 0.238. The van der Waals surface area contributed by atoms with Gasteiger partial charge in [0, 0.05) is 41.6 Å². The van der Waals surface area contributed by atoms with Crippen LogP contribution in [0.2, 0.25) is 0 Å². The maximum Gasteiger partial charge on any atom is 0.271 e. The minimum Gasteiger partial charge on any atom is -0.324 e. The first-order chi connectivity index (χ1) is 11.2. The largest absolute Gasteiger partial charge is 0.324 e. The third kappa shape index (κ3) is 3.52. The molecule has 0 radical (unpaired) electrons. The number of hydrogen-bond donors (Lipinski definition) is 1. The van der Waals surface area contributed by atoms with E-state index in [0.29, 0.717) is 5.56 Å². The first-order valence-corrected chi connectivity index (χ1v) is 7.22. The number of hydrazone groups is 1. The molecule has 0 aliphatic heterocycles. The Bertz CT molecular complexity index is 806. The fourth-order valence-corrected chi connectivity index (χ4v) is 2.15. The van der Waals surface area contributed by atoms with E-state index in [1.165, 1.54) is 0 Å². The van der Waals surface area contributed by atoms with Gasteiger partial charge in [-0.05, 0) is 55.5 Å². The lowest BCUT2D eigenvalue weighted by atomic mass is 10.2. The van der Waals surface area contributed by atoms with Gasteiger partial charge in [0.15, 0.2) is 0 Å². The fraction of sp³-hybridized carbons (Fsp3) is 0.0556. The summed E-state index contributed by atoms with van der Waals surface area (Å²) in [6, 6.07) is 15.0. The van der Waals surface area contributed by atoms with Gasteiger partial charge in [-0.1, -0.05) is 0 Å². The summed E-state index contributed by atoms with van der Waals surface area (Å²) < 4.78 is 1.98. The Kier molecular flexibility index (Phi) is 4.29. The van der Waals surface area contributed by atoms with Crippen molar-refractivity contribution in [3.63, 3.8) is 0 Å². The van der Waals surface area contributed by atoms with E-state index in [4.69, 9.17) is 0 Å². The third-order valence-corrected chi connectivity index (χ3v) is 3.46. The molecule has 1 N–H and O–H groups in total. The van der Waals surface area contributed by atoms with Gasteiger partial charge in [-0.25, -0.2) is 5.43 Å². The van der Waals surface area contributed by atoms with Crippen LogP contribution in [0.25, 0.3) is 5.69 Å². The van der Waals surface area contributed by atoms with Crippen LogP contribution in [-0.4, -0.2) is 21.2 Å². The van der Waals surface area contributed by atoms with Gasteiger partial charge in [0.05, 0.1) is 5.71 Å². The molecule has 0 aliphatic rings. The van der Waals surface area contributed by atoms with Crippen molar-refractivity contribution >= 4 is 11.6 Å². The van der Waals surface area contributed by atoms with E-state index in [2.05, 4.69) is 15.5 Å². The average Bonchev–Trinajstić information content (AvgIpc) is 3.15. The molecule has 1 amide bonds. The van der Waals surface area contributed by atoms with Crippen LogP contribution in [0.3, 0.4) is 0 Å². The molecule has 114 valence electrons. The van der Waals surface area contributed by atoms with Crippen LogP contribution in [0.4, 0.5) is 0 Å². The van der Waals surface area contributed by atoms with E-state index < -0.39 is 0 Å². The van der Waals surface area contributed by atoms with Crippen molar-refractivity contribution in [1.29, 1.82) is 0 Å². The second-order valence-electron chi connectivity index (χ2n) is 5.01. The molecule has 5 nitrogen and oxygen atoms in total. The highest BCUT2D eigenvalue weighted by molar-refractivity contribution is 6.00. The van der Waals surface area contributed by atoms with Crippen molar-refractivity contribution < 1.29 is 4.79 Å². The summed E-state index contributed by atoms with van der Waals surface area (Å²) in [4.78, 5) is 16.1. The number of aromatic nitrogens is 2. The maximum atomic E-state index is 12.1. The van der Waals surface area contributed by atoms with Gasteiger partial charge in [-0.2, -0.15) is 5.10 Å². The highest BCUT2D eigenvalue weighted by Crippen LogP contribution is 2.10. The molecule has 0 fully saturated rings. The van der Waals surface area contributed by atoms with Crippen LogP contribution in [0.5, 0.6) is 0 Å². The quantitative estimate of drug-likeness (QED) is 0.595. The van der Waals surface area contributed by atoms with E-state index in [-0.39, 0.29) is 5.91 Å². The zero-order chi connectivity index (χ0) is 16.1. The number of benzene rings is 1. The lowest BCUT2D eigenvalue weighted by molar-refractivity contribution is 0.0955. The Morgan fingerprint density at radius 3 is 2.30 bits per heavy atom. The zero-order valence-corrected chi connectivity index (χ0v) is 12.7. The molecule has 0 bridgehead atoms. The smallest absolute Gasteiger partial charge is 0.271 e. The predicted molar refractivity (Wildman–Crippen MR) is 89.7 cm³/mol. The minimum atomic E-state index is -0.238. The molecule has 0 saturated carbocycles. The van der Waals surface area contributed by atoms with Gasteiger partial charge in [0.2, 0.25) is 0 Å². The van der Waals surface area contributed by atoms with Crippen molar-refractivity contribution in [1.82, 2.24) is 15.0 Å². The molecule has 5 heteroatoms. The molecule has 0 unspecified atom stereocenters. The van der Waals surface area contributed by atoms with Crippen molar-refractivity contribution in [3.8, 4) is 5.69 Å². The zero-order valence-electron chi connectivity index (χ0n) is 12.7. The first kappa shape index (κ1) is 14.7. The molecular formula is C18H16N4O. The Hall–Kier alpha value is -3.21. The van der Waals surface area contributed by atoms with Crippen LogP contribution in [0.15, 0.2) is 78.4 Å². The molecule has 1 aromatic carbocycles. The molecule has 3 rings (SSSR count). The molecule has 0 saturated heterocycles. The first-order valence-electron chi connectivity index (χ1n) is 7.22. The van der Waals surface area contributed by atoms with Crippen molar-refractivity contribution in [2.24, 2.45) is 5.10 Å². The number of rotatable bonds is 4. The second kappa shape index (κ2) is 6.70. The summed E-state index contributed by atoms with van der Waals surface area (Å²) in [7, 11) is 0. The summed E-state index contributed by atoms with van der Waals surface area (Å²) in [5.74, 6) is -0.238. The molecular weight excluding hydrogens is 288 g/mol. The highest BCUT2D eigenvalue weighted by atomic mass is 16.2. The monoisotopic (exact) mass is 304 g/mol. The van der Waals surface area contributed by atoms with E-state index in [1.807, 2.05) is 60.3 Å². The topological polar surface area (TPSA) is 59.3 Å². The summed E-state index contributed by atoms with van der Waals surface area (Å²) >= 11 is 0. The normalized spacial score (nSPS) is 11.3. The van der Waals surface area contributed by atoms with E-state index in [1.54, 1.807) is 24.5 Å².